The molecule has 2 aromatic heterocycles. The molecule has 1 amide bonds. The molecule has 6 heteroatoms. The lowest BCUT2D eigenvalue weighted by molar-refractivity contribution is -0.120. The quantitative estimate of drug-likeness (QED) is 0.465. The molecule has 140 valence electrons. The smallest absolute Gasteiger partial charge is 0.225 e. The van der Waals surface area contributed by atoms with Crippen LogP contribution < -0.4 is 5.32 Å². The number of fused-ring (bicyclic) bond motifs is 1. The summed E-state index contributed by atoms with van der Waals surface area (Å²) in [6.45, 7) is 0. The maximum Gasteiger partial charge on any atom is 0.225 e. The number of carbonyl (C=O) groups excluding carboxylic acids is 1. The molecular weight excluding hydrogens is 421 g/mol. The number of nitrogens with one attached hydrogen (secondary N) is 2. The maximum atomic E-state index is 13.8. The third-order valence-electron chi connectivity index (χ3n) is 4.56. The van der Waals surface area contributed by atoms with Crippen molar-refractivity contribution in [1.82, 2.24) is 15.3 Å². The van der Waals surface area contributed by atoms with Crippen LogP contribution in [0.25, 0.3) is 10.9 Å². The molecule has 1 atom stereocenters. The van der Waals surface area contributed by atoms with Crippen molar-refractivity contribution in [2.24, 2.45) is 0 Å². The predicted octanol–water partition coefficient (Wildman–Crippen LogP) is 4.91. The van der Waals surface area contributed by atoms with Crippen molar-refractivity contribution in [3.63, 3.8) is 0 Å². The zero-order valence-corrected chi connectivity index (χ0v) is 16.4. The van der Waals surface area contributed by atoms with Gasteiger partial charge in [-0.1, -0.05) is 40.2 Å². The zero-order chi connectivity index (χ0) is 19.5. The molecule has 0 saturated heterocycles. The molecule has 1 unspecified atom stereocenters. The Labute approximate surface area is 169 Å². The molecule has 0 fully saturated rings. The second-order valence-corrected chi connectivity index (χ2v) is 7.32. The molecule has 0 aliphatic carbocycles. The summed E-state index contributed by atoms with van der Waals surface area (Å²) in [4.78, 5) is 20.4. The van der Waals surface area contributed by atoms with Crippen LogP contribution in [0.15, 0.2) is 77.5 Å². The van der Waals surface area contributed by atoms with Crippen molar-refractivity contribution in [3.8, 4) is 0 Å². The van der Waals surface area contributed by atoms with Gasteiger partial charge in [-0.25, -0.2) is 4.39 Å². The van der Waals surface area contributed by atoms with Crippen LogP contribution in [-0.2, 0) is 11.2 Å². The molecule has 4 aromatic rings. The van der Waals surface area contributed by atoms with E-state index in [0.717, 1.165) is 20.9 Å². The molecule has 0 aliphatic heterocycles. The number of amides is 1. The van der Waals surface area contributed by atoms with Crippen LogP contribution in [0.4, 0.5) is 4.39 Å². The second kappa shape index (κ2) is 7.94. The number of hydrogen-bond donors (Lipinski definition) is 2. The first kappa shape index (κ1) is 18.4. The highest BCUT2D eigenvalue weighted by Gasteiger charge is 2.20. The molecule has 0 saturated carbocycles. The Hall–Kier alpha value is -2.99. The van der Waals surface area contributed by atoms with Crippen LogP contribution in [0.2, 0.25) is 0 Å². The molecule has 2 heterocycles. The summed E-state index contributed by atoms with van der Waals surface area (Å²) in [5.74, 6) is -0.523. The first-order valence-corrected chi connectivity index (χ1v) is 9.61. The molecule has 28 heavy (non-hydrogen) atoms. The van der Waals surface area contributed by atoms with Crippen LogP contribution in [0, 0.1) is 5.82 Å². The summed E-state index contributed by atoms with van der Waals surface area (Å²) in [6, 6.07) is 17.0. The van der Waals surface area contributed by atoms with Crippen LogP contribution >= 0.6 is 15.9 Å². The monoisotopic (exact) mass is 437 g/mol. The van der Waals surface area contributed by atoms with Crippen LogP contribution in [-0.4, -0.2) is 15.9 Å². The van der Waals surface area contributed by atoms with E-state index in [1.54, 1.807) is 24.4 Å². The van der Waals surface area contributed by atoms with E-state index in [2.05, 4.69) is 31.2 Å². The average Bonchev–Trinajstić information content (AvgIpc) is 3.11. The van der Waals surface area contributed by atoms with E-state index < -0.39 is 6.04 Å². The zero-order valence-electron chi connectivity index (χ0n) is 14.8. The Morgan fingerprint density at radius 1 is 1.14 bits per heavy atom. The fraction of sp³-hybridized carbons (Fsp3) is 0.0909. The number of aromatic amines is 1. The first-order chi connectivity index (χ1) is 13.6. The van der Waals surface area contributed by atoms with E-state index in [0.29, 0.717) is 11.3 Å². The highest BCUT2D eigenvalue weighted by atomic mass is 79.9. The van der Waals surface area contributed by atoms with Crippen molar-refractivity contribution in [1.29, 1.82) is 0 Å². The van der Waals surface area contributed by atoms with Crippen LogP contribution in [0.3, 0.4) is 0 Å². The van der Waals surface area contributed by atoms with Crippen molar-refractivity contribution >= 4 is 32.7 Å². The van der Waals surface area contributed by atoms with E-state index in [4.69, 9.17) is 0 Å². The molecule has 0 spiro atoms. The van der Waals surface area contributed by atoms with Crippen molar-refractivity contribution in [2.45, 2.75) is 12.5 Å². The number of aromatic nitrogens is 2. The van der Waals surface area contributed by atoms with Gasteiger partial charge < -0.3 is 10.3 Å². The number of benzene rings is 2. The van der Waals surface area contributed by atoms with E-state index >= 15 is 0 Å². The van der Waals surface area contributed by atoms with Gasteiger partial charge in [-0.05, 0) is 47.5 Å². The average molecular weight is 438 g/mol. The van der Waals surface area contributed by atoms with E-state index in [1.165, 1.54) is 12.1 Å². The fourth-order valence-corrected chi connectivity index (χ4v) is 3.91. The summed E-state index contributed by atoms with van der Waals surface area (Å²) in [5, 5.41) is 3.99. The lowest BCUT2D eigenvalue weighted by Gasteiger charge is -2.19. The van der Waals surface area contributed by atoms with Gasteiger partial charge in [0.1, 0.15) is 5.82 Å². The summed E-state index contributed by atoms with van der Waals surface area (Å²) >= 11 is 3.55. The SMILES string of the molecule is O=C(Cc1c[nH]c2cccc(Br)c12)NC(c1cccc(F)c1)c1ccccn1. The highest BCUT2D eigenvalue weighted by Crippen LogP contribution is 2.28. The normalized spacial score (nSPS) is 12.1. The third-order valence-corrected chi connectivity index (χ3v) is 5.22. The van der Waals surface area contributed by atoms with Crippen LogP contribution in [0.5, 0.6) is 0 Å². The molecule has 0 aliphatic rings. The summed E-state index contributed by atoms with van der Waals surface area (Å²) in [7, 11) is 0. The number of hydrogen-bond acceptors (Lipinski definition) is 2. The Kier molecular flexibility index (Phi) is 5.21. The number of nitrogens with zero attached hydrogens (tertiary/aromatic N) is 1. The van der Waals surface area contributed by atoms with Gasteiger partial charge in [-0.15, -0.1) is 0 Å². The largest absolute Gasteiger partial charge is 0.361 e. The van der Waals surface area contributed by atoms with E-state index in [-0.39, 0.29) is 18.1 Å². The predicted molar refractivity (Wildman–Crippen MR) is 110 cm³/mol. The number of H-pyrrole nitrogens is 1. The lowest BCUT2D eigenvalue weighted by atomic mass is 10.0. The Bertz CT molecular complexity index is 1130. The van der Waals surface area contributed by atoms with Gasteiger partial charge in [0.05, 0.1) is 18.2 Å². The van der Waals surface area contributed by atoms with Gasteiger partial charge in [0.15, 0.2) is 0 Å². The van der Waals surface area contributed by atoms with Gasteiger partial charge in [0.25, 0.3) is 0 Å². The van der Waals surface area contributed by atoms with E-state index in [9.17, 15) is 9.18 Å². The van der Waals surface area contributed by atoms with Gasteiger partial charge >= 0.3 is 0 Å². The Morgan fingerprint density at radius 3 is 2.79 bits per heavy atom. The minimum absolute atomic E-state index is 0.170. The van der Waals surface area contributed by atoms with Gasteiger partial charge in [0, 0.05) is 27.8 Å². The molecule has 4 rings (SSSR count). The molecule has 0 bridgehead atoms. The summed E-state index contributed by atoms with van der Waals surface area (Å²) in [5.41, 5.74) is 3.15. The summed E-state index contributed by atoms with van der Waals surface area (Å²) in [6.07, 6.45) is 3.69. The van der Waals surface area contributed by atoms with Gasteiger partial charge in [0.2, 0.25) is 5.91 Å². The van der Waals surface area contributed by atoms with Crippen molar-refractivity contribution < 1.29 is 9.18 Å². The highest BCUT2D eigenvalue weighted by molar-refractivity contribution is 9.10. The maximum absolute atomic E-state index is 13.8. The first-order valence-electron chi connectivity index (χ1n) is 8.82. The number of rotatable bonds is 5. The van der Waals surface area contributed by atoms with Crippen LogP contribution in [0.1, 0.15) is 22.9 Å². The minimum Gasteiger partial charge on any atom is -0.361 e. The Morgan fingerprint density at radius 2 is 2.00 bits per heavy atom. The summed E-state index contributed by atoms with van der Waals surface area (Å²) < 4.78 is 14.7. The standard InChI is InChI=1S/C22H17BrFN3O/c23-17-7-4-9-18-21(17)15(13-26-18)12-20(28)27-22(19-8-1-2-10-25-19)14-5-3-6-16(24)11-14/h1-11,13,22,26H,12H2,(H,27,28). The van der Waals surface area contributed by atoms with Crippen molar-refractivity contribution in [2.75, 3.05) is 0 Å². The molecular formula is C22H17BrFN3O. The minimum atomic E-state index is -0.530. The molecule has 2 N–H and O–H groups in total. The molecule has 4 nitrogen and oxygen atoms in total. The lowest BCUT2D eigenvalue weighted by Crippen LogP contribution is -2.31. The van der Waals surface area contributed by atoms with Crippen molar-refractivity contribution in [3.05, 3.63) is 100 Å². The fourth-order valence-electron chi connectivity index (χ4n) is 3.29. The number of halogens is 2. The third kappa shape index (κ3) is 3.82. The van der Waals surface area contributed by atoms with Gasteiger partial charge in [-0.2, -0.15) is 0 Å². The second-order valence-electron chi connectivity index (χ2n) is 6.46. The Balaban J connectivity index is 1.62. The topological polar surface area (TPSA) is 57.8 Å². The molecule has 0 radical (unpaired) electrons. The van der Waals surface area contributed by atoms with Gasteiger partial charge in [-0.3, -0.25) is 9.78 Å². The number of carbonyl (C=O) groups is 1. The van der Waals surface area contributed by atoms with E-state index in [1.807, 2.05) is 36.5 Å². The molecule has 2 aromatic carbocycles. The number of pyridine rings is 1.